The molecule has 9 heteroatoms. The van der Waals surface area contributed by atoms with E-state index >= 15 is 0 Å². The van der Waals surface area contributed by atoms with Gasteiger partial charge >= 0.3 is 5.97 Å². The maximum absolute atomic E-state index is 12.6. The number of nitrogens with zero attached hydrogens (tertiary/aromatic N) is 1. The van der Waals surface area contributed by atoms with Crippen LogP contribution in [0.2, 0.25) is 0 Å². The minimum absolute atomic E-state index is 0.0138. The standard InChI is InChI=1S/C18H26N4O5/c1-4-10(3)12(19)13(23)22-18-7-17(8-18,9-18)16(25)21-14-11(6-20-27-14)15(24)26-5-2/h6,10,12H,4-5,7-9,19H2,1-3H3,(H,21,25)(H,22,23)/t10-,12?,17?,18?/m1/s1. The molecule has 4 N–H and O–H groups in total. The molecule has 3 aliphatic rings. The summed E-state index contributed by atoms with van der Waals surface area (Å²) in [4.78, 5) is 36.7. The van der Waals surface area contributed by atoms with Crippen LogP contribution in [0.5, 0.6) is 0 Å². The number of carbonyl (C=O) groups is 3. The Morgan fingerprint density at radius 1 is 1.33 bits per heavy atom. The van der Waals surface area contributed by atoms with Crippen molar-refractivity contribution in [3.05, 3.63) is 11.8 Å². The van der Waals surface area contributed by atoms with Crippen LogP contribution in [-0.2, 0) is 14.3 Å². The second-order valence-electron chi connectivity index (χ2n) is 7.73. The van der Waals surface area contributed by atoms with E-state index in [2.05, 4.69) is 15.8 Å². The molecule has 0 saturated heterocycles. The predicted octanol–water partition coefficient (Wildman–Crippen LogP) is 1.20. The predicted molar refractivity (Wildman–Crippen MR) is 95.7 cm³/mol. The second kappa shape index (κ2) is 6.95. The summed E-state index contributed by atoms with van der Waals surface area (Å²) in [6, 6.07) is -0.546. The SMILES string of the molecule is CCOC(=O)c1cnoc1NC(=O)C12CC(NC(=O)C(N)[C@H](C)CC)(C1)C2. The summed E-state index contributed by atoms with van der Waals surface area (Å²) >= 11 is 0. The lowest BCUT2D eigenvalue weighted by Gasteiger charge is -2.69. The minimum Gasteiger partial charge on any atom is -0.462 e. The molecule has 0 radical (unpaired) electrons. The monoisotopic (exact) mass is 378 g/mol. The van der Waals surface area contributed by atoms with Gasteiger partial charge in [0.05, 0.1) is 24.3 Å². The van der Waals surface area contributed by atoms with Gasteiger partial charge in [0.25, 0.3) is 0 Å². The second-order valence-corrected chi connectivity index (χ2v) is 7.73. The molecule has 4 rings (SSSR count). The fraction of sp³-hybridized carbons (Fsp3) is 0.667. The molecule has 1 aromatic rings. The molecule has 27 heavy (non-hydrogen) atoms. The quantitative estimate of drug-likeness (QED) is 0.578. The van der Waals surface area contributed by atoms with Crippen LogP contribution in [0.15, 0.2) is 10.7 Å². The van der Waals surface area contributed by atoms with Gasteiger partial charge in [0.15, 0.2) is 0 Å². The van der Waals surface area contributed by atoms with Crippen molar-refractivity contribution >= 4 is 23.7 Å². The highest BCUT2D eigenvalue weighted by molar-refractivity contribution is 6.02. The van der Waals surface area contributed by atoms with Crippen molar-refractivity contribution in [3.63, 3.8) is 0 Å². The van der Waals surface area contributed by atoms with E-state index in [1.165, 1.54) is 6.20 Å². The van der Waals surface area contributed by atoms with Crippen LogP contribution in [0.4, 0.5) is 5.88 Å². The number of hydrogen-bond donors (Lipinski definition) is 3. The molecule has 1 heterocycles. The molecule has 148 valence electrons. The van der Waals surface area contributed by atoms with E-state index in [4.69, 9.17) is 15.0 Å². The molecule has 3 aliphatic carbocycles. The van der Waals surface area contributed by atoms with Crippen molar-refractivity contribution in [2.45, 2.75) is 58.0 Å². The summed E-state index contributed by atoms with van der Waals surface area (Å²) in [7, 11) is 0. The number of ether oxygens (including phenoxy) is 1. The van der Waals surface area contributed by atoms with Crippen LogP contribution >= 0.6 is 0 Å². The zero-order chi connectivity index (χ0) is 19.8. The number of nitrogens with one attached hydrogen (secondary N) is 2. The Labute approximate surface area is 157 Å². The number of esters is 1. The third-order valence-electron chi connectivity index (χ3n) is 5.75. The number of amides is 2. The third-order valence-corrected chi connectivity index (χ3v) is 5.75. The van der Waals surface area contributed by atoms with Crippen molar-refractivity contribution in [3.8, 4) is 0 Å². The smallest absolute Gasteiger partial charge is 0.345 e. The molecule has 3 fully saturated rings. The van der Waals surface area contributed by atoms with Crippen LogP contribution in [0.1, 0.15) is 56.8 Å². The van der Waals surface area contributed by atoms with Gasteiger partial charge in [-0.3, -0.25) is 14.9 Å². The largest absolute Gasteiger partial charge is 0.462 e. The van der Waals surface area contributed by atoms with Crippen molar-refractivity contribution in [1.82, 2.24) is 10.5 Å². The summed E-state index contributed by atoms with van der Waals surface area (Å²) in [6.45, 7) is 5.83. The normalized spacial score (nSPS) is 27.6. The van der Waals surface area contributed by atoms with E-state index in [1.807, 2.05) is 13.8 Å². The van der Waals surface area contributed by atoms with Gasteiger partial charge in [0.1, 0.15) is 5.56 Å². The summed E-state index contributed by atoms with van der Waals surface area (Å²) in [6.07, 6.45) is 3.69. The van der Waals surface area contributed by atoms with Crippen molar-refractivity contribution in [1.29, 1.82) is 0 Å². The lowest BCUT2D eigenvalue weighted by atomic mass is 9.39. The molecule has 9 nitrogen and oxygen atoms in total. The summed E-state index contributed by atoms with van der Waals surface area (Å²) in [5.74, 6) is -0.929. The van der Waals surface area contributed by atoms with E-state index in [9.17, 15) is 14.4 Å². The third kappa shape index (κ3) is 3.31. The number of anilines is 1. The Morgan fingerprint density at radius 3 is 2.59 bits per heavy atom. The van der Waals surface area contributed by atoms with Gasteiger partial charge in [-0.05, 0) is 32.1 Å². The summed E-state index contributed by atoms with van der Waals surface area (Å²) in [5.41, 5.74) is 5.16. The van der Waals surface area contributed by atoms with Gasteiger partial charge in [-0.25, -0.2) is 4.79 Å². The highest BCUT2D eigenvalue weighted by Crippen LogP contribution is 2.67. The first-order valence-electron chi connectivity index (χ1n) is 9.27. The maximum atomic E-state index is 12.6. The first kappa shape index (κ1) is 19.3. The van der Waals surface area contributed by atoms with E-state index < -0.39 is 17.4 Å². The molecule has 0 aliphatic heterocycles. The van der Waals surface area contributed by atoms with Crippen LogP contribution in [-0.4, -0.2) is 41.1 Å². The Morgan fingerprint density at radius 2 is 2.00 bits per heavy atom. The van der Waals surface area contributed by atoms with Crippen LogP contribution in [0.3, 0.4) is 0 Å². The van der Waals surface area contributed by atoms with E-state index in [0.717, 1.165) is 6.42 Å². The molecule has 2 amide bonds. The van der Waals surface area contributed by atoms with Gasteiger partial charge in [-0.15, -0.1) is 0 Å². The lowest BCUT2D eigenvalue weighted by Crippen LogP contribution is -2.78. The number of aromatic nitrogens is 1. The first-order valence-corrected chi connectivity index (χ1v) is 9.27. The number of nitrogens with two attached hydrogens (primary N) is 1. The fourth-order valence-corrected chi connectivity index (χ4v) is 3.94. The van der Waals surface area contributed by atoms with Gasteiger partial charge < -0.3 is 20.3 Å². The average molecular weight is 378 g/mol. The molecule has 0 spiro atoms. The Kier molecular flexibility index (Phi) is 4.98. The first-order chi connectivity index (χ1) is 12.8. The number of hydrogen-bond acceptors (Lipinski definition) is 7. The van der Waals surface area contributed by atoms with E-state index in [0.29, 0.717) is 19.3 Å². The molecule has 0 aromatic carbocycles. The van der Waals surface area contributed by atoms with Gasteiger partial charge in [0, 0.05) is 5.54 Å². The summed E-state index contributed by atoms with van der Waals surface area (Å²) in [5, 5.41) is 9.18. The zero-order valence-electron chi connectivity index (χ0n) is 15.8. The van der Waals surface area contributed by atoms with Gasteiger partial charge in [-0.2, -0.15) is 0 Å². The lowest BCUT2D eigenvalue weighted by molar-refractivity contribution is -0.179. The van der Waals surface area contributed by atoms with Gasteiger partial charge in [-0.1, -0.05) is 25.4 Å². The molecular formula is C18H26N4O5. The molecule has 1 unspecified atom stereocenters. The summed E-state index contributed by atoms with van der Waals surface area (Å²) < 4.78 is 9.88. The zero-order valence-corrected chi connectivity index (χ0v) is 15.8. The van der Waals surface area contributed by atoms with E-state index in [1.54, 1.807) is 6.92 Å². The molecule has 2 atom stereocenters. The number of carbonyl (C=O) groups excluding carboxylic acids is 3. The molecule has 3 saturated carbocycles. The highest BCUT2D eigenvalue weighted by atomic mass is 16.5. The molecule has 2 bridgehead atoms. The van der Waals surface area contributed by atoms with Crippen LogP contribution in [0, 0.1) is 11.3 Å². The van der Waals surface area contributed by atoms with Gasteiger partial charge in [0.2, 0.25) is 17.7 Å². The van der Waals surface area contributed by atoms with Crippen molar-refractivity contribution in [2.75, 3.05) is 11.9 Å². The average Bonchev–Trinajstić information content (AvgIpc) is 3.03. The van der Waals surface area contributed by atoms with E-state index in [-0.39, 0.29) is 41.3 Å². The Hall–Kier alpha value is -2.42. The Balaban J connectivity index is 1.55. The van der Waals surface area contributed by atoms with Crippen molar-refractivity contribution in [2.24, 2.45) is 17.1 Å². The van der Waals surface area contributed by atoms with Crippen LogP contribution < -0.4 is 16.4 Å². The topological polar surface area (TPSA) is 137 Å². The highest BCUT2D eigenvalue weighted by Gasteiger charge is 2.72. The van der Waals surface area contributed by atoms with Crippen LogP contribution in [0.25, 0.3) is 0 Å². The van der Waals surface area contributed by atoms with Crippen molar-refractivity contribution < 1.29 is 23.6 Å². The minimum atomic E-state index is -0.602. The number of rotatable bonds is 8. The molecular weight excluding hydrogens is 352 g/mol. The fourth-order valence-electron chi connectivity index (χ4n) is 3.94. The maximum Gasteiger partial charge on any atom is 0.345 e. The molecule has 1 aromatic heterocycles. The Bertz CT molecular complexity index is 739.